The van der Waals surface area contributed by atoms with E-state index in [9.17, 15) is 4.79 Å². The summed E-state index contributed by atoms with van der Waals surface area (Å²) in [5.74, 6) is 0.929. The molecule has 1 aromatic carbocycles. The van der Waals surface area contributed by atoms with Crippen LogP contribution in [0, 0.1) is 0 Å². The monoisotopic (exact) mass is 526 g/mol. The molecule has 2 saturated heterocycles. The molecule has 0 unspecified atom stereocenters. The van der Waals surface area contributed by atoms with Crippen molar-refractivity contribution in [3.05, 3.63) is 30.3 Å². The van der Waals surface area contributed by atoms with E-state index in [1.165, 1.54) is 38.8 Å². The lowest BCUT2D eigenvalue weighted by molar-refractivity contribution is 0.0240. The van der Waals surface area contributed by atoms with Gasteiger partial charge < -0.3 is 30.1 Å². The molecule has 202 valence electrons. The van der Waals surface area contributed by atoms with Crippen LogP contribution in [0.3, 0.4) is 0 Å². The van der Waals surface area contributed by atoms with Gasteiger partial charge in [-0.2, -0.15) is 0 Å². The van der Waals surface area contributed by atoms with Crippen LogP contribution in [0.5, 0.6) is 0 Å². The molecule has 2 aliphatic rings. The van der Waals surface area contributed by atoms with Gasteiger partial charge >= 0.3 is 6.09 Å². The Bertz CT molecular complexity index is 1060. The molecular formula is C28H42N6O2S. The minimum absolute atomic E-state index is 0.247. The maximum absolute atomic E-state index is 12.3. The molecule has 2 fully saturated rings. The lowest BCUT2D eigenvalue weighted by atomic mass is 10.2. The second-order valence-corrected chi connectivity index (χ2v) is 11.4. The van der Waals surface area contributed by atoms with Crippen LogP contribution in [0.1, 0.15) is 52.9 Å². The third kappa shape index (κ3) is 8.43. The quantitative estimate of drug-likeness (QED) is 0.409. The molecule has 0 bridgehead atoms. The summed E-state index contributed by atoms with van der Waals surface area (Å²) in [7, 11) is 0. The lowest BCUT2D eigenvalue weighted by Crippen LogP contribution is -2.50. The normalized spacial score (nSPS) is 17.4. The molecule has 0 atom stereocenters. The number of rotatable bonds is 6. The minimum atomic E-state index is -0.478. The number of amides is 1. The molecule has 1 amide bonds. The van der Waals surface area contributed by atoms with Gasteiger partial charge in [-0.25, -0.2) is 9.78 Å². The van der Waals surface area contributed by atoms with Gasteiger partial charge in [0.15, 0.2) is 5.11 Å². The van der Waals surface area contributed by atoms with Crippen molar-refractivity contribution >= 4 is 45.8 Å². The fourth-order valence-electron chi connectivity index (χ4n) is 4.85. The van der Waals surface area contributed by atoms with Crippen molar-refractivity contribution in [2.45, 2.75) is 58.5 Å². The highest BCUT2D eigenvalue weighted by atomic mass is 32.1. The molecule has 0 aliphatic carbocycles. The summed E-state index contributed by atoms with van der Waals surface area (Å²) in [4.78, 5) is 23.8. The third-order valence-electron chi connectivity index (χ3n) is 6.82. The van der Waals surface area contributed by atoms with Gasteiger partial charge in [-0.3, -0.25) is 0 Å². The number of likely N-dealkylation sites (tertiary alicyclic amines) is 1. The third-order valence-corrected chi connectivity index (χ3v) is 7.07. The molecule has 3 heterocycles. The Morgan fingerprint density at radius 1 is 1.00 bits per heavy atom. The Morgan fingerprint density at radius 2 is 1.73 bits per heavy atom. The second kappa shape index (κ2) is 12.7. The minimum Gasteiger partial charge on any atom is -0.444 e. The highest BCUT2D eigenvalue weighted by Crippen LogP contribution is 2.23. The topological polar surface area (TPSA) is 73.0 Å². The fourth-order valence-corrected chi connectivity index (χ4v) is 5.07. The number of nitrogens with zero attached hydrogens (tertiary/aromatic N) is 4. The van der Waals surface area contributed by atoms with Crippen LogP contribution in [0.2, 0.25) is 0 Å². The fraction of sp³-hybridized carbons (Fsp3) is 0.607. The molecule has 2 aromatic rings. The number of thiocarbonyl (C=S) groups is 1. The van der Waals surface area contributed by atoms with Gasteiger partial charge in [-0.05, 0) is 102 Å². The molecule has 2 N–H and O–H groups in total. The summed E-state index contributed by atoms with van der Waals surface area (Å²) < 4.78 is 5.50. The molecule has 8 nitrogen and oxygen atoms in total. The molecule has 0 radical (unpaired) electrons. The number of aromatic nitrogens is 1. The van der Waals surface area contributed by atoms with E-state index in [4.69, 9.17) is 21.9 Å². The van der Waals surface area contributed by atoms with Gasteiger partial charge in [0.1, 0.15) is 11.4 Å². The molecule has 4 rings (SSSR count). The maximum Gasteiger partial charge on any atom is 0.410 e. The maximum atomic E-state index is 12.3. The van der Waals surface area contributed by atoms with Crippen LogP contribution in [0.4, 0.5) is 16.3 Å². The first-order valence-electron chi connectivity index (χ1n) is 13.7. The van der Waals surface area contributed by atoms with Gasteiger partial charge in [0.25, 0.3) is 0 Å². The smallest absolute Gasteiger partial charge is 0.410 e. The Morgan fingerprint density at radius 3 is 2.43 bits per heavy atom. The van der Waals surface area contributed by atoms with E-state index in [0.717, 1.165) is 55.0 Å². The van der Waals surface area contributed by atoms with E-state index in [0.29, 0.717) is 18.2 Å². The number of piperazine rings is 1. The number of carbonyl (C=O) groups is 1. The predicted molar refractivity (Wildman–Crippen MR) is 156 cm³/mol. The van der Waals surface area contributed by atoms with Gasteiger partial charge in [0.2, 0.25) is 0 Å². The molecule has 0 saturated carbocycles. The number of benzene rings is 1. The van der Waals surface area contributed by atoms with E-state index in [-0.39, 0.29) is 6.09 Å². The van der Waals surface area contributed by atoms with Crippen LogP contribution in [-0.4, -0.2) is 83.9 Å². The highest BCUT2D eigenvalue weighted by molar-refractivity contribution is 7.80. The van der Waals surface area contributed by atoms with Crippen LogP contribution < -0.4 is 15.5 Å². The lowest BCUT2D eigenvalue weighted by Gasteiger charge is -2.36. The summed E-state index contributed by atoms with van der Waals surface area (Å²) in [5.41, 5.74) is 1.42. The van der Waals surface area contributed by atoms with Crippen molar-refractivity contribution in [3.63, 3.8) is 0 Å². The molecule has 2 aliphatic heterocycles. The Hall–Kier alpha value is -2.65. The van der Waals surface area contributed by atoms with Crippen molar-refractivity contribution in [1.82, 2.24) is 20.1 Å². The van der Waals surface area contributed by atoms with Crippen LogP contribution in [0.15, 0.2) is 30.3 Å². The summed E-state index contributed by atoms with van der Waals surface area (Å²) in [6.07, 6.45) is 6.25. The average Bonchev–Trinajstić information content (AvgIpc) is 3.14. The zero-order chi connectivity index (χ0) is 26.3. The van der Waals surface area contributed by atoms with E-state index >= 15 is 0 Å². The summed E-state index contributed by atoms with van der Waals surface area (Å²) in [6, 6.07) is 10.3. The van der Waals surface area contributed by atoms with E-state index in [1.54, 1.807) is 4.90 Å². The van der Waals surface area contributed by atoms with E-state index in [2.05, 4.69) is 38.6 Å². The van der Waals surface area contributed by atoms with E-state index in [1.807, 2.05) is 32.9 Å². The summed E-state index contributed by atoms with van der Waals surface area (Å²) >= 11 is 5.52. The van der Waals surface area contributed by atoms with Crippen LogP contribution in [0.25, 0.3) is 10.9 Å². The van der Waals surface area contributed by atoms with Gasteiger partial charge in [-0.15, -0.1) is 0 Å². The SMILES string of the molecule is CC(C)(C)OC(=O)N1CCN(c2ccc3cc(NC(=S)NCCCN4CCCCCC4)ccc3n2)CC1. The zero-order valence-electron chi connectivity index (χ0n) is 22.6. The van der Waals surface area contributed by atoms with Crippen molar-refractivity contribution < 1.29 is 9.53 Å². The Balaban J connectivity index is 1.24. The zero-order valence-corrected chi connectivity index (χ0v) is 23.4. The first-order chi connectivity index (χ1) is 17.8. The van der Waals surface area contributed by atoms with Crippen molar-refractivity contribution in [3.8, 4) is 0 Å². The summed E-state index contributed by atoms with van der Waals surface area (Å²) in [5, 5.41) is 8.37. The number of fused-ring (bicyclic) bond motifs is 1. The van der Waals surface area contributed by atoms with Crippen molar-refractivity contribution in [1.29, 1.82) is 0 Å². The average molecular weight is 527 g/mol. The number of pyridine rings is 1. The Kier molecular flexibility index (Phi) is 9.43. The first-order valence-corrected chi connectivity index (χ1v) is 14.1. The molecular weight excluding hydrogens is 484 g/mol. The number of hydrogen-bond donors (Lipinski definition) is 2. The number of ether oxygens (including phenoxy) is 1. The van der Waals surface area contributed by atoms with Crippen LogP contribution >= 0.6 is 12.2 Å². The summed E-state index contributed by atoms with van der Waals surface area (Å²) in [6.45, 7) is 12.9. The largest absolute Gasteiger partial charge is 0.444 e. The standard InChI is InChI=1S/C28H42N6O2S/c1-28(2,3)36-27(35)34-19-17-33(18-20-34)25-12-9-22-21-23(10-11-24(22)31-25)30-26(37)29-13-8-16-32-14-6-4-5-7-15-32/h9-12,21H,4-8,13-20H2,1-3H3,(H2,29,30,37). The van der Waals surface area contributed by atoms with Crippen molar-refractivity contribution in [2.75, 3.05) is 62.6 Å². The highest BCUT2D eigenvalue weighted by Gasteiger charge is 2.26. The molecule has 37 heavy (non-hydrogen) atoms. The van der Waals surface area contributed by atoms with E-state index < -0.39 is 5.60 Å². The van der Waals surface area contributed by atoms with Gasteiger partial charge in [-0.1, -0.05) is 12.8 Å². The Labute approximate surface area is 226 Å². The molecule has 1 aromatic heterocycles. The predicted octanol–water partition coefficient (Wildman–Crippen LogP) is 4.84. The van der Waals surface area contributed by atoms with Crippen LogP contribution in [-0.2, 0) is 4.74 Å². The molecule has 0 spiro atoms. The first kappa shape index (κ1) is 27.4. The van der Waals surface area contributed by atoms with Crippen molar-refractivity contribution in [2.24, 2.45) is 0 Å². The van der Waals surface area contributed by atoms with Gasteiger partial charge in [0.05, 0.1) is 5.52 Å². The number of hydrogen-bond acceptors (Lipinski definition) is 6. The second-order valence-electron chi connectivity index (χ2n) is 11.0. The molecule has 9 heteroatoms. The van der Waals surface area contributed by atoms with Gasteiger partial charge in [0, 0.05) is 43.8 Å². The number of anilines is 2. The number of nitrogens with one attached hydrogen (secondary N) is 2. The number of carbonyl (C=O) groups excluding carboxylic acids is 1.